The molecule has 0 saturated heterocycles. The molecule has 13 heteroatoms. The van der Waals surface area contributed by atoms with E-state index in [-0.39, 0.29) is 30.8 Å². The summed E-state index contributed by atoms with van der Waals surface area (Å²) >= 11 is 8.28. The molecule has 1 atom stereocenters. The molecule has 11 nitrogen and oxygen atoms in total. The van der Waals surface area contributed by atoms with Gasteiger partial charge in [-0.15, -0.1) is 11.3 Å². The highest BCUT2D eigenvalue weighted by Gasteiger charge is 2.33. The van der Waals surface area contributed by atoms with Gasteiger partial charge >= 0.3 is 0 Å². The Balaban J connectivity index is 1.35. The van der Waals surface area contributed by atoms with Gasteiger partial charge in [0.1, 0.15) is 5.82 Å². The van der Waals surface area contributed by atoms with Gasteiger partial charge in [0, 0.05) is 47.3 Å². The van der Waals surface area contributed by atoms with E-state index in [1.807, 2.05) is 46.3 Å². The van der Waals surface area contributed by atoms with Gasteiger partial charge in [0.2, 0.25) is 11.8 Å². The zero-order chi connectivity index (χ0) is 31.0. The number of aromatic amines is 1. The standard InChI is InChI=1S/C31H31ClN8O3S/c1-31(2,3)25(14-27(41)34-16-28-37-26(39-43-28)13-19-6-5-9-44-19)40-24-12-17(30(42)33-4)7-8-22(24)36-29(40)18-10-21(32)20-15-35-38-23(20)11-18/h5-12,15,25H,13-14,16H2,1-4H3,(H,33,42)(H,34,41)(H,35,38)/t25-/m0/s1. The molecule has 4 aromatic heterocycles. The Morgan fingerprint density at radius 1 is 1.16 bits per heavy atom. The fourth-order valence-electron chi connectivity index (χ4n) is 5.24. The largest absolute Gasteiger partial charge is 0.355 e. The molecule has 226 valence electrons. The van der Waals surface area contributed by atoms with Gasteiger partial charge in [0.15, 0.2) is 5.82 Å². The maximum Gasteiger partial charge on any atom is 0.251 e. The fraction of sp³-hybridized carbons (Fsp3) is 0.290. The highest BCUT2D eigenvalue weighted by atomic mass is 35.5. The lowest BCUT2D eigenvalue weighted by molar-refractivity contribution is -0.122. The monoisotopic (exact) mass is 630 g/mol. The van der Waals surface area contributed by atoms with Crippen molar-refractivity contribution in [3.8, 4) is 11.4 Å². The molecular formula is C31H31ClN8O3S. The van der Waals surface area contributed by atoms with Crippen LogP contribution in [0.2, 0.25) is 5.02 Å². The number of carbonyl (C=O) groups is 2. The number of imidazole rings is 1. The van der Waals surface area contributed by atoms with Crippen molar-refractivity contribution in [2.45, 2.75) is 46.2 Å². The van der Waals surface area contributed by atoms with E-state index in [0.717, 1.165) is 26.9 Å². The first-order chi connectivity index (χ1) is 21.1. The Morgan fingerprint density at radius 3 is 2.75 bits per heavy atom. The lowest BCUT2D eigenvalue weighted by Crippen LogP contribution is -2.32. The Bertz CT molecular complexity index is 1970. The average molecular weight is 631 g/mol. The van der Waals surface area contributed by atoms with Crippen LogP contribution in [0.25, 0.3) is 33.3 Å². The summed E-state index contributed by atoms with van der Waals surface area (Å²) in [4.78, 5) is 36.7. The predicted octanol–water partition coefficient (Wildman–Crippen LogP) is 5.92. The molecular weight excluding hydrogens is 600 g/mol. The maximum atomic E-state index is 13.5. The van der Waals surface area contributed by atoms with Crippen molar-refractivity contribution in [1.82, 2.24) is 40.5 Å². The van der Waals surface area contributed by atoms with Crippen molar-refractivity contribution in [3.63, 3.8) is 0 Å². The number of fused-ring (bicyclic) bond motifs is 2. The molecule has 0 saturated carbocycles. The van der Waals surface area contributed by atoms with Crippen molar-refractivity contribution in [1.29, 1.82) is 0 Å². The minimum absolute atomic E-state index is 0.109. The SMILES string of the molecule is CNC(=O)c1ccc2nc(-c3cc(Cl)c4cn[nH]c4c3)n([C@@H](CC(=O)NCc3nc(Cc4cccs4)no3)C(C)(C)C)c2c1. The van der Waals surface area contributed by atoms with Gasteiger partial charge in [0.05, 0.1) is 34.3 Å². The zero-order valence-electron chi connectivity index (χ0n) is 24.6. The van der Waals surface area contributed by atoms with Gasteiger partial charge in [-0.1, -0.05) is 43.6 Å². The summed E-state index contributed by atoms with van der Waals surface area (Å²) in [6.07, 6.45) is 2.38. The van der Waals surface area contributed by atoms with E-state index in [4.69, 9.17) is 21.1 Å². The van der Waals surface area contributed by atoms with Crippen LogP contribution in [-0.2, 0) is 17.8 Å². The number of nitrogens with zero attached hydrogens (tertiary/aromatic N) is 5. The van der Waals surface area contributed by atoms with E-state index in [1.54, 1.807) is 30.6 Å². The smallest absolute Gasteiger partial charge is 0.251 e. The van der Waals surface area contributed by atoms with Crippen LogP contribution in [0.15, 0.2) is 58.6 Å². The number of carbonyl (C=O) groups excluding carboxylic acids is 2. The van der Waals surface area contributed by atoms with Gasteiger partial charge < -0.3 is 19.7 Å². The van der Waals surface area contributed by atoms with Gasteiger partial charge in [-0.05, 0) is 47.2 Å². The molecule has 0 bridgehead atoms. The number of rotatable bonds is 9. The molecule has 0 spiro atoms. The number of hydrogen-bond donors (Lipinski definition) is 3. The second kappa shape index (κ2) is 11.9. The van der Waals surface area contributed by atoms with E-state index >= 15 is 0 Å². The van der Waals surface area contributed by atoms with Crippen molar-refractivity contribution in [2.75, 3.05) is 7.05 Å². The van der Waals surface area contributed by atoms with Gasteiger partial charge in [0.25, 0.3) is 5.91 Å². The average Bonchev–Trinajstić information content (AvgIpc) is 3.81. The number of hydrogen-bond acceptors (Lipinski definition) is 8. The first kappa shape index (κ1) is 29.5. The number of nitrogens with one attached hydrogen (secondary N) is 3. The minimum atomic E-state index is -0.400. The highest BCUT2D eigenvalue weighted by Crippen LogP contribution is 2.41. The number of aromatic nitrogens is 6. The normalized spacial score (nSPS) is 12.6. The van der Waals surface area contributed by atoms with Crippen molar-refractivity contribution in [3.05, 3.63) is 81.2 Å². The van der Waals surface area contributed by atoms with Crippen molar-refractivity contribution >= 4 is 56.7 Å². The van der Waals surface area contributed by atoms with Crippen LogP contribution in [0.3, 0.4) is 0 Å². The van der Waals surface area contributed by atoms with Crippen LogP contribution in [0, 0.1) is 5.41 Å². The third kappa shape index (κ3) is 5.95. The molecule has 2 aromatic carbocycles. The lowest BCUT2D eigenvalue weighted by atomic mass is 9.84. The quantitative estimate of drug-likeness (QED) is 0.180. The summed E-state index contributed by atoms with van der Waals surface area (Å²) < 4.78 is 7.43. The van der Waals surface area contributed by atoms with E-state index < -0.39 is 5.41 Å². The maximum absolute atomic E-state index is 13.5. The summed E-state index contributed by atoms with van der Waals surface area (Å²) in [6, 6.07) is 12.8. The second-order valence-corrected chi connectivity index (χ2v) is 13.0. The van der Waals surface area contributed by atoms with Crippen molar-refractivity contribution < 1.29 is 14.1 Å². The van der Waals surface area contributed by atoms with Gasteiger partial charge in [-0.3, -0.25) is 14.7 Å². The number of benzene rings is 2. The number of thiophene rings is 1. The third-order valence-electron chi connectivity index (χ3n) is 7.49. The molecule has 44 heavy (non-hydrogen) atoms. The van der Waals surface area contributed by atoms with Crippen LogP contribution in [0.1, 0.15) is 60.2 Å². The highest BCUT2D eigenvalue weighted by molar-refractivity contribution is 7.09. The van der Waals surface area contributed by atoms with Crippen LogP contribution in [0.5, 0.6) is 0 Å². The molecule has 4 heterocycles. The fourth-order valence-corrected chi connectivity index (χ4v) is 6.21. The molecule has 0 aliphatic rings. The summed E-state index contributed by atoms with van der Waals surface area (Å²) in [7, 11) is 1.59. The van der Waals surface area contributed by atoms with E-state index in [2.05, 4.69) is 51.7 Å². The molecule has 2 amide bonds. The topological polar surface area (TPSA) is 144 Å². The molecule has 0 fully saturated rings. The number of halogens is 1. The van der Waals surface area contributed by atoms with Gasteiger partial charge in [-0.25, -0.2) is 4.98 Å². The molecule has 0 aliphatic carbocycles. The van der Waals surface area contributed by atoms with E-state index in [9.17, 15) is 9.59 Å². The lowest BCUT2D eigenvalue weighted by Gasteiger charge is -2.33. The van der Waals surface area contributed by atoms with Gasteiger partial charge in [-0.2, -0.15) is 10.1 Å². The summed E-state index contributed by atoms with van der Waals surface area (Å²) in [5, 5.41) is 20.1. The molecule has 0 unspecified atom stereocenters. The van der Waals surface area contributed by atoms with Crippen LogP contribution < -0.4 is 10.6 Å². The van der Waals surface area contributed by atoms with Crippen LogP contribution >= 0.6 is 22.9 Å². The number of amides is 2. The first-order valence-electron chi connectivity index (χ1n) is 14.1. The Hall–Kier alpha value is -4.55. The third-order valence-corrected chi connectivity index (χ3v) is 8.68. The van der Waals surface area contributed by atoms with E-state index in [1.165, 1.54) is 0 Å². The first-order valence-corrected chi connectivity index (χ1v) is 15.3. The summed E-state index contributed by atoms with van der Waals surface area (Å²) in [6.45, 7) is 6.33. The van der Waals surface area contributed by atoms with Crippen molar-refractivity contribution in [2.24, 2.45) is 5.41 Å². The second-order valence-electron chi connectivity index (χ2n) is 11.6. The zero-order valence-corrected chi connectivity index (χ0v) is 26.2. The Labute approximate surface area is 262 Å². The molecule has 0 aliphatic heterocycles. The molecule has 6 aromatic rings. The predicted molar refractivity (Wildman–Crippen MR) is 170 cm³/mol. The summed E-state index contributed by atoms with van der Waals surface area (Å²) in [5.41, 5.74) is 3.02. The molecule has 6 rings (SSSR count). The minimum Gasteiger partial charge on any atom is -0.355 e. The molecule has 3 N–H and O–H groups in total. The summed E-state index contributed by atoms with van der Waals surface area (Å²) in [5.74, 6) is 1.11. The molecule has 0 radical (unpaired) electrons. The Morgan fingerprint density at radius 2 is 2.00 bits per heavy atom. The van der Waals surface area contributed by atoms with Crippen LogP contribution in [-0.4, -0.2) is 48.8 Å². The van der Waals surface area contributed by atoms with E-state index in [0.29, 0.717) is 40.1 Å². The van der Waals surface area contributed by atoms with Crippen LogP contribution in [0.4, 0.5) is 0 Å². The Kier molecular flexibility index (Phi) is 7.95. The number of H-pyrrole nitrogens is 1.